The fourth-order valence-electron chi connectivity index (χ4n) is 6.27. The van der Waals surface area contributed by atoms with Crippen molar-refractivity contribution in [2.24, 2.45) is 0 Å². The summed E-state index contributed by atoms with van der Waals surface area (Å²) in [7, 11) is 4.69. The lowest BCUT2D eigenvalue weighted by molar-refractivity contribution is 0.0948. The molecule has 3 heterocycles. The Morgan fingerprint density at radius 2 is 1.83 bits per heavy atom. The van der Waals surface area contributed by atoms with Gasteiger partial charge in [0.2, 0.25) is 11.7 Å². The first-order valence-corrected chi connectivity index (χ1v) is 17.0. The minimum absolute atomic E-state index is 0.157. The van der Waals surface area contributed by atoms with Gasteiger partial charge in [0.05, 0.1) is 39.0 Å². The number of hydrogen-bond donors (Lipinski definition) is 1. The average molecular weight is 650 g/mol. The van der Waals surface area contributed by atoms with Crippen LogP contribution in [0.4, 0.5) is 5.95 Å². The zero-order valence-electron chi connectivity index (χ0n) is 27.7. The fraction of sp³-hybridized carbons (Fsp3) is 0.486. The van der Waals surface area contributed by atoms with Gasteiger partial charge in [-0.05, 0) is 69.4 Å². The van der Waals surface area contributed by atoms with Crippen molar-refractivity contribution in [1.29, 1.82) is 0 Å². The number of fused-ring (bicyclic) bond motifs is 1. The number of amides is 1. The second-order valence-electron chi connectivity index (χ2n) is 11.5. The van der Waals surface area contributed by atoms with E-state index in [4.69, 9.17) is 23.9 Å². The molecule has 10 nitrogen and oxygen atoms in total. The van der Waals surface area contributed by atoms with Gasteiger partial charge in [0, 0.05) is 61.3 Å². The van der Waals surface area contributed by atoms with Crippen LogP contribution in [-0.2, 0) is 11.3 Å². The van der Waals surface area contributed by atoms with E-state index in [-0.39, 0.29) is 11.8 Å². The summed E-state index contributed by atoms with van der Waals surface area (Å²) in [5.41, 5.74) is 3.41. The molecule has 1 unspecified atom stereocenters. The molecule has 0 spiro atoms. The smallest absolute Gasteiger partial charge is 0.251 e. The highest BCUT2D eigenvalue weighted by molar-refractivity contribution is 7.10. The molecule has 1 atom stereocenters. The number of thiophene rings is 1. The number of anilines is 1. The molecule has 2 aromatic heterocycles. The van der Waals surface area contributed by atoms with Gasteiger partial charge in [0.1, 0.15) is 0 Å². The van der Waals surface area contributed by atoms with Crippen LogP contribution in [0.5, 0.6) is 17.2 Å². The van der Waals surface area contributed by atoms with Crippen molar-refractivity contribution in [3.05, 3.63) is 63.8 Å². The van der Waals surface area contributed by atoms with E-state index in [1.165, 1.54) is 4.88 Å². The monoisotopic (exact) mass is 649 g/mol. The van der Waals surface area contributed by atoms with E-state index in [0.29, 0.717) is 48.1 Å². The molecule has 0 aliphatic carbocycles. The first-order valence-electron chi connectivity index (χ1n) is 16.1. The van der Waals surface area contributed by atoms with Crippen LogP contribution in [0.15, 0.2) is 47.8 Å². The predicted molar refractivity (Wildman–Crippen MR) is 184 cm³/mol. The summed E-state index contributed by atoms with van der Waals surface area (Å²) in [6.07, 6.45) is 2.01. The number of methoxy groups -OCH3 is 3. The lowest BCUT2D eigenvalue weighted by atomic mass is 10.0. The molecule has 2 aromatic carbocycles. The summed E-state index contributed by atoms with van der Waals surface area (Å²) < 4.78 is 24.6. The maximum Gasteiger partial charge on any atom is 0.251 e. The number of aromatic nitrogens is 2. The van der Waals surface area contributed by atoms with Crippen LogP contribution in [0.2, 0.25) is 0 Å². The third kappa shape index (κ3) is 7.59. The van der Waals surface area contributed by atoms with Crippen LogP contribution in [0.25, 0.3) is 11.0 Å². The Hall–Kier alpha value is -3.80. The second kappa shape index (κ2) is 16.2. The molecule has 1 amide bonds. The first-order chi connectivity index (χ1) is 22.5. The lowest BCUT2D eigenvalue weighted by Crippen LogP contribution is -2.34. The topological polar surface area (TPSA) is 90.3 Å². The van der Waals surface area contributed by atoms with Crippen LogP contribution >= 0.6 is 11.3 Å². The SMILES string of the molecule is CCOCCn1c(N2CCCN(CCC(CNC(=O)c3cc(OC)c(OC)c(OC)c3C)c3cccs3)CC2)nc2ccccc21. The van der Waals surface area contributed by atoms with E-state index in [2.05, 4.69) is 61.5 Å². The predicted octanol–water partition coefficient (Wildman–Crippen LogP) is 5.58. The number of para-hydroxylation sites is 2. The zero-order chi connectivity index (χ0) is 32.5. The number of hydrogen-bond acceptors (Lipinski definition) is 9. The molecule has 0 radical (unpaired) electrons. The molecule has 1 fully saturated rings. The van der Waals surface area contributed by atoms with Gasteiger partial charge in [-0.15, -0.1) is 11.3 Å². The minimum Gasteiger partial charge on any atom is -0.493 e. The summed E-state index contributed by atoms with van der Waals surface area (Å²) >= 11 is 1.74. The van der Waals surface area contributed by atoms with E-state index in [1.54, 1.807) is 38.7 Å². The van der Waals surface area contributed by atoms with Crippen LogP contribution in [0.1, 0.15) is 46.5 Å². The van der Waals surface area contributed by atoms with Crippen LogP contribution < -0.4 is 24.4 Å². The Morgan fingerprint density at radius 1 is 1.00 bits per heavy atom. The average Bonchev–Trinajstić information content (AvgIpc) is 3.67. The quantitative estimate of drug-likeness (QED) is 0.167. The molecule has 5 rings (SSSR count). The first kappa shape index (κ1) is 33.6. The molecule has 248 valence electrons. The number of nitrogens with zero attached hydrogens (tertiary/aromatic N) is 4. The molecule has 46 heavy (non-hydrogen) atoms. The van der Waals surface area contributed by atoms with Crippen LogP contribution in [-0.4, -0.2) is 94.2 Å². The Balaban J connectivity index is 1.23. The Bertz CT molecular complexity index is 1570. The van der Waals surface area contributed by atoms with Crippen molar-refractivity contribution in [2.45, 2.75) is 39.2 Å². The van der Waals surface area contributed by atoms with Crippen molar-refractivity contribution in [3.8, 4) is 17.2 Å². The molecule has 0 bridgehead atoms. The summed E-state index contributed by atoms with van der Waals surface area (Å²) in [6.45, 7) is 11.4. The van der Waals surface area contributed by atoms with E-state index in [1.807, 2.05) is 13.8 Å². The third-order valence-corrected chi connectivity index (χ3v) is 9.78. The molecule has 1 aliphatic heterocycles. The minimum atomic E-state index is -0.157. The molecule has 1 aliphatic rings. The van der Waals surface area contributed by atoms with E-state index >= 15 is 0 Å². The summed E-state index contributed by atoms with van der Waals surface area (Å²) in [6, 6.07) is 14.3. The number of imidazole rings is 1. The summed E-state index contributed by atoms with van der Waals surface area (Å²) in [5, 5.41) is 5.31. The van der Waals surface area contributed by atoms with Crippen molar-refractivity contribution in [3.63, 3.8) is 0 Å². The molecular weight excluding hydrogens is 602 g/mol. The van der Waals surface area contributed by atoms with E-state index in [9.17, 15) is 4.79 Å². The van der Waals surface area contributed by atoms with Gasteiger partial charge < -0.3 is 38.6 Å². The van der Waals surface area contributed by atoms with Crippen LogP contribution in [0, 0.1) is 6.92 Å². The van der Waals surface area contributed by atoms with Gasteiger partial charge in [-0.1, -0.05) is 18.2 Å². The highest BCUT2D eigenvalue weighted by atomic mass is 32.1. The molecule has 0 saturated carbocycles. The normalized spacial score (nSPS) is 14.7. The van der Waals surface area contributed by atoms with E-state index in [0.717, 1.165) is 69.1 Å². The van der Waals surface area contributed by atoms with Crippen molar-refractivity contribution in [1.82, 2.24) is 19.8 Å². The molecule has 4 aromatic rings. The standard InChI is InChI=1S/C35H47N5O5S/c1-6-45-21-20-40-29-12-8-7-11-28(29)37-35(40)39-16-10-15-38(18-19-39)17-14-26(31-13-9-22-46-31)24-36-34(41)27-23-30(42-3)33(44-5)32(43-4)25(27)2/h7-9,11-13,22-23,26H,6,10,14-21,24H2,1-5H3,(H,36,41). The van der Waals surface area contributed by atoms with Crippen molar-refractivity contribution in [2.75, 3.05) is 78.7 Å². The van der Waals surface area contributed by atoms with Gasteiger partial charge in [-0.25, -0.2) is 4.98 Å². The zero-order valence-corrected chi connectivity index (χ0v) is 28.5. The van der Waals surface area contributed by atoms with Gasteiger partial charge in [-0.2, -0.15) is 0 Å². The van der Waals surface area contributed by atoms with Crippen molar-refractivity contribution < 1.29 is 23.7 Å². The van der Waals surface area contributed by atoms with Gasteiger partial charge in [0.15, 0.2) is 11.5 Å². The number of benzene rings is 2. The largest absolute Gasteiger partial charge is 0.493 e. The summed E-state index contributed by atoms with van der Waals surface area (Å²) in [5.74, 6) is 2.52. The Labute approximate surface area is 276 Å². The number of carbonyl (C=O) groups is 1. The molecule has 1 N–H and O–H groups in total. The second-order valence-corrected chi connectivity index (χ2v) is 12.4. The number of nitrogens with one attached hydrogen (secondary N) is 1. The molecular formula is C35H47N5O5S. The van der Waals surface area contributed by atoms with E-state index < -0.39 is 0 Å². The number of ether oxygens (including phenoxy) is 4. The summed E-state index contributed by atoms with van der Waals surface area (Å²) in [4.78, 5) is 24.8. The van der Waals surface area contributed by atoms with Gasteiger partial charge >= 0.3 is 0 Å². The Kier molecular flexibility index (Phi) is 11.8. The number of rotatable bonds is 15. The molecule has 1 saturated heterocycles. The maximum atomic E-state index is 13.5. The van der Waals surface area contributed by atoms with Crippen molar-refractivity contribution >= 4 is 34.2 Å². The fourth-order valence-corrected chi connectivity index (χ4v) is 7.14. The van der Waals surface area contributed by atoms with Gasteiger partial charge in [-0.3, -0.25) is 4.79 Å². The highest BCUT2D eigenvalue weighted by Crippen LogP contribution is 2.41. The highest BCUT2D eigenvalue weighted by Gasteiger charge is 2.25. The third-order valence-electron chi connectivity index (χ3n) is 8.74. The molecule has 11 heteroatoms. The van der Waals surface area contributed by atoms with Gasteiger partial charge in [0.25, 0.3) is 5.91 Å². The number of carbonyl (C=O) groups excluding carboxylic acids is 1. The van der Waals surface area contributed by atoms with Crippen LogP contribution in [0.3, 0.4) is 0 Å². The maximum absolute atomic E-state index is 13.5. The Morgan fingerprint density at radius 3 is 2.57 bits per heavy atom. The lowest BCUT2D eigenvalue weighted by Gasteiger charge is -2.25.